The zero-order valence-corrected chi connectivity index (χ0v) is 34.8. The smallest absolute Gasteiger partial charge is 0.488 e. The van der Waals surface area contributed by atoms with Crippen LogP contribution >= 0.6 is 0 Å². The van der Waals surface area contributed by atoms with Crippen LogP contribution in [-0.4, -0.2) is 67.3 Å². The topological polar surface area (TPSA) is 137 Å². The van der Waals surface area contributed by atoms with Crippen LogP contribution in [0.3, 0.4) is 0 Å². The molecule has 58 heavy (non-hydrogen) atoms. The number of allylic oxidation sites excluding steroid dienone is 1. The molecule has 2 fully saturated rings. The third-order valence-electron chi connectivity index (χ3n) is 12.2. The van der Waals surface area contributed by atoms with E-state index in [1.54, 1.807) is 24.3 Å². The molecule has 9 nitrogen and oxygen atoms in total. The molecule has 7 rings (SSSR count). The van der Waals surface area contributed by atoms with E-state index < -0.39 is 46.4 Å². The summed E-state index contributed by atoms with van der Waals surface area (Å²) in [6, 6.07) is 34.2. The fraction of sp³-hybridized carbons (Fsp3) is 0.348. The van der Waals surface area contributed by atoms with E-state index in [0.29, 0.717) is 19.3 Å². The van der Waals surface area contributed by atoms with Crippen molar-refractivity contribution in [3.05, 3.63) is 131 Å². The van der Waals surface area contributed by atoms with E-state index in [0.717, 1.165) is 39.9 Å². The van der Waals surface area contributed by atoms with E-state index in [9.17, 15) is 29.8 Å². The van der Waals surface area contributed by atoms with Gasteiger partial charge in [0.1, 0.15) is 5.75 Å². The van der Waals surface area contributed by atoms with Gasteiger partial charge < -0.3 is 29.3 Å². The zero-order valence-electron chi connectivity index (χ0n) is 33.8. The molecule has 3 aliphatic rings. The van der Waals surface area contributed by atoms with E-state index in [-0.39, 0.29) is 46.7 Å². The van der Waals surface area contributed by atoms with Gasteiger partial charge in [-0.2, -0.15) is 0 Å². The van der Waals surface area contributed by atoms with Gasteiger partial charge in [-0.25, -0.2) is 0 Å². The molecule has 2 aliphatic heterocycles. The Balaban J connectivity index is 1.31. The number of carbonyl (C=O) groups excluding carboxylic acids is 2. The lowest BCUT2D eigenvalue weighted by atomic mass is 9.58. The minimum absolute atomic E-state index is 0.156. The van der Waals surface area contributed by atoms with Crippen LogP contribution in [-0.2, 0) is 18.7 Å². The molecule has 4 aromatic carbocycles. The van der Waals surface area contributed by atoms with Crippen molar-refractivity contribution < 1.29 is 38.8 Å². The SMILES string of the molecule is CCC/C(=C\c1ccc(O)cc1)CC[C@H]1OB(O)C[C@H]2C1=C(CO[Si](c1ccccc1)(c1ccccc1)C(C)(C)C)C[C@H]1C(=O)N(c3cccc(B(O)O)c3)C(=O)[C@H]12. The van der Waals surface area contributed by atoms with Crippen molar-refractivity contribution in [1.29, 1.82) is 0 Å². The molecule has 0 saturated carbocycles. The lowest BCUT2D eigenvalue weighted by Gasteiger charge is -2.46. The van der Waals surface area contributed by atoms with Crippen molar-refractivity contribution in [2.24, 2.45) is 17.8 Å². The van der Waals surface area contributed by atoms with Crippen molar-refractivity contribution in [3.63, 3.8) is 0 Å². The molecule has 0 unspecified atom stereocenters. The number of phenols is 1. The highest BCUT2D eigenvalue weighted by Crippen LogP contribution is 2.52. The molecular formula is C46H53B2NO8Si. The average Bonchev–Trinajstić information content (AvgIpc) is 3.46. The van der Waals surface area contributed by atoms with Crippen LogP contribution in [0.25, 0.3) is 6.08 Å². The first-order valence-electron chi connectivity index (χ1n) is 20.4. The molecule has 1 aliphatic carbocycles. The fourth-order valence-corrected chi connectivity index (χ4v) is 14.2. The summed E-state index contributed by atoms with van der Waals surface area (Å²) >= 11 is 0. The lowest BCUT2D eigenvalue weighted by Crippen LogP contribution is -2.66. The molecule has 300 valence electrons. The molecule has 0 aromatic heterocycles. The van der Waals surface area contributed by atoms with Crippen LogP contribution in [0.15, 0.2) is 126 Å². The minimum atomic E-state index is -3.03. The first-order valence-corrected chi connectivity index (χ1v) is 22.4. The van der Waals surface area contributed by atoms with Crippen LogP contribution in [0, 0.1) is 17.8 Å². The van der Waals surface area contributed by atoms with Crippen molar-refractivity contribution >= 4 is 62.0 Å². The van der Waals surface area contributed by atoms with Crippen molar-refractivity contribution in [2.45, 2.75) is 77.3 Å². The lowest BCUT2D eigenvalue weighted by molar-refractivity contribution is -0.122. The third kappa shape index (κ3) is 8.19. The summed E-state index contributed by atoms with van der Waals surface area (Å²) in [4.78, 5) is 30.3. The second-order valence-electron chi connectivity index (χ2n) is 16.9. The van der Waals surface area contributed by atoms with Gasteiger partial charge in [0.25, 0.3) is 8.32 Å². The molecule has 0 bridgehead atoms. The number of aromatic hydroxyl groups is 1. The van der Waals surface area contributed by atoms with Gasteiger partial charge in [-0.05, 0) is 99.8 Å². The highest BCUT2D eigenvalue weighted by atomic mass is 28.4. The molecule has 2 saturated heterocycles. The van der Waals surface area contributed by atoms with E-state index in [2.05, 4.69) is 58.0 Å². The summed E-state index contributed by atoms with van der Waals surface area (Å²) in [5, 5.41) is 43.1. The average molecular weight is 798 g/mol. The van der Waals surface area contributed by atoms with Crippen molar-refractivity contribution in [2.75, 3.05) is 11.5 Å². The monoisotopic (exact) mass is 797 g/mol. The summed E-state index contributed by atoms with van der Waals surface area (Å²) in [6.07, 6.45) is 5.08. The van der Waals surface area contributed by atoms with Crippen molar-refractivity contribution in [3.8, 4) is 5.75 Å². The Hall–Kier alpha value is -4.55. The van der Waals surface area contributed by atoms with Gasteiger partial charge in [-0.1, -0.05) is 131 Å². The Morgan fingerprint density at radius 3 is 2.16 bits per heavy atom. The van der Waals surface area contributed by atoms with Crippen LogP contribution in [0.2, 0.25) is 11.4 Å². The number of phenolic OH excluding ortho intramolecular Hbond substituents is 1. The third-order valence-corrected chi connectivity index (χ3v) is 17.2. The number of carbonyl (C=O) groups is 2. The highest BCUT2D eigenvalue weighted by molar-refractivity contribution is 6.99. The summed E-state index contributed by atoms with van der Waals surface area (Å²) in [7, 11) is -5.93. The zero-order chi connectivity index (χ0) is 41.2. The van der Waals surface area contributed by atoms with Gasteiger partial charge in [-0.3, -0.25) is 14.5 Å². The second kappa shape index (κ2) is 17.4. The van der Waals surface area contributed by atoms with E-state index in [1.807, 2.05) is 48.5 Å². The molecule has 4 atom stereocenters. The molecule has 0 radical (unpaired) electrons. The van der Waals surface area contributed by atoms with Gasteiger partial charge >= 0.3 is 14.2 Å². The number of nitrogens with zero attached hydrogens (tertiary/aromatic N) is 1. The molecular weight excluding hydrogens is 744 g/mol. The number of hydrogen-bond acceptors (Lipinski definition) is 8. The molecule has 2 heterocycles. The second-order valence-corrected chi connectivity index (χ2v) is 21.2. The number of rotatable bonds is 13. The molecule has 4 aromatic rings. The number of fused-ring (bicyclic) bond motifs is 3. The van der Waals surface area contributed by atoms with Crippen LogP contribution in [0.5, 0.6) is 5.75 Å². The number of benzene rings is 4. The number of amides is 2. The summed E-state index contributed by atoms with van der Waals surface area (Å²) in [6.45, 7) is 9.03. The summed E-state index contributed by atoms with van der Waals surface area (Å²) < 4.78 is 14.0. The highest BCUT2D eigenvalue weighted by Gasteiger charge is 2.58. The Kier molecular flexibility index (Phi) is 12.4. The molecule has 12 heteroatoms. The van der Waals surface area contributed by atoms with Crippen molar-refractivity contribution in [1.82, 2.24) is 0 Å². The normalized spacial score (nSPS) is 21.3. The molecule has 0 spiro atoms. The van der Waals surface area contributed by atoms with Gasteiger partial charge in [0.05, 0.1) is 30.2 Å². The van der Waals surface area contributed by atoms with Crippen LogP contribution in [0.1, 0.15) is 65.4 Å². The molecule has 2 amide bonds. The Morgan fingerprint density at radius 1 is 0.897 bits per heavy atom. The first kappa shape index (κ1) is 41.6. The predicted molar refractivity (Wildman–Crippen MR) is 232 cm³/mol. The molecule has 4 N–H and O–H groups in total. The summed E-state index contributed by atoms with van der Waals surface area (Å²) in [5.41, 5.74) is 4.52. The maximum absolute atomic E-state index is 14.6. The summed E-state index contributed by atoms with van der Waals surface area (Å²) in [5.74, 6) is -2.41. The largest absolute Gasteiger partial charge is 0.508 e. The van der Waals surface area contributed by atoms with Gasteiger partial charge in [0.15, 0.2) is 0 Å². The van der Waals surface area contributed by atoms with Gasteiger partial charge in [0, 0.05) is 0 Å². The number of anilines is 1. The minimum Gasteiger partial charge on any atom is -0.508 e. The maximum Gasteiger partial charge on any atom is 0.488 e. The van der Waals surface area contributed by atoms with E-state index in [1.165, 1.54) is 22.6 Å². The fourth-order valence-electron chi connectivity index (χ4n) is 9.65. The quantitative estimate of drug-likeness (QED) is 0.0779. The Labute approximate surface area is 343 Å². The van der Waals surface area contributed by atoms with E-state index in [4.69, 9.17) is 9.08 Å². The Bertz CT molecular complexity index is 2120. The van der Waals surface area contributed by atoms with Gasteiger partial charge in [-0.15, -0.1) is 0 Å². The predicted octanol–water partition coefficient (Wildman–Crippen LogP) is 5.61. The maximum atomic E-state index is 14.6. The number of imide groups is 1. The standard InChI is InChI=1S/C46H53B2NO8Si/c1-5-13-31(26-32-20-23-36(50)24-21-32)22-25-41-42-33(30-56-58(46(2,3)4,37-16-8-6-9-17-37)38-18-10-7-11-19-38)27-39-43(40(42)29-47(53)57-41)45(52)49(44(39)51)35-15-12-14-34(28-35)48(54)55/h6-12,14-21,23-24,26,28,39-41,43,50,53-55H,5,13,22,25,27,29-30H2,1-4H3/b31-26+/t39-,40+,41-,43-/m1/s1. The van der Waals surface area contributed by atoms with Gasteiger partial charge in [0.2, 0.25) is 11.8 Å². The Morgan fingerprint density at radius 2 is 1.55 bits per heavy atom. The van der Waals surface area contributed by atoms with E-state index >= 15 is 0 Å². The van der Waals surface area contributed by atoms with Crippen LogP contribution in [0.4, 0.5) is 5.69 Å². The number of hydrogen-bond donors (Lipinski definition) is 4. The first-order chi connectivity index (χ1) is 27.8. The van der Waals surface area contributed by atoms with Crippen LogP contribution < -0.4 is 20.7 Å².